The Morgan fingerprint density at radius 1 is 1.11 bits per heavy atom. The number of benzene rings is 2. The second-order valence-electron chi connectivity index (χ2n) is 4.37. The van der Waals surface area contributed by atoms with Gasteiger partial charge < -0.3 is 11.1 Å². The highest BCUT2D eigenvalue weighted by Crippen LogP contribution is 2.15. The van der Waals surface area contributed by atoms with Crippen molar-refractivity contribution in [3.63, 3.8) is 0 Å². The predicted octanol–water partition coefficient (Wildman–Crippen LogP) is 2.96. The average molecular weight is 254 g/mol. The molecule has 0 atom stereocenters. The largest absolute Gasteiger partial charge is 0.326 e. The lowest BCUT2D eigenvalue weighted by atomic mass is 10.1. The lowest BCUT2D eigenvalue weighted by Gasteiger charge is -2.09. The number of carbonyl (C=O) groups is 1. The molecular weight excluding hydrogens is 236 g/mol. The summed E-state index contributed by atoms with van der Waals surface area (Å²) in [6.07, 6.45) is 0.970. The third kappa shape index (κ3) is 3.20. The summed E-state index contributed by atoms with van der Waals surface area (Å²) in [5.74, 6) is -0.108. The van der Waals surface area contributed by atoms with Gasteiger partial charge in [-0.25, -0.2) is 0 Å². The molecule has 0 aliphatic rings. The molecule has 19 heavy (non-hydrogen) atoms. The number of aryl methyl sites for hydroxylation is 1. The highest BCUT2D eigenvalue weighted by Gasteiger charge is 2.07. The van der Waals surface area contributed by atoms with Gasteiger partial charge >= 0.3 is 0 Å². The molecule has 0 saturated heterocycles. The zero-order valence-corrected chi connectivity index (χ0v) is 11.0. The average Bonchev–Trinajstić information content (AvgIpc) is 2.48. The summed E-state index contributed by atoms with van der Waals surface area (Å²) < 4.78 is 0. The minimum absolute atomic E-state index is 0.108. The van der Waals surface area contributed by atoms with Gasteiger partial charge in [0, 0.05) is 17.8 Å². The third-order valence-electron chi connectivity index (χ3n) is 3.11. The zero-order chi connectivity index (χ0) is 13.7. The van der Waals surface area contributed by atoms with E-state index in [0.29, 0.717) is 12.1 Å². The maximum Gasteiger partial charge on any atom is 0.255 e. The van der Waals surface area contributed by atoms with Gasteiger partial charge in [0.15, 0.2) is 0 Å². The van der Waals surface area contributed by atoms with Crippen LogP contribution in [0.15, 0.2) is 48.5 Å². The van der Waals surface area contributed by atoms with Gasteiger partial charge in [-0.2, -0.15) is 0 Å². The van der Waals surface area contributed by atoms with Gasteiger partial charge in [-0.1, -0.05) is 37.3 Å². The molecule has 3 heteroatoms. The van der Waals surface area contributed by atoms with Crippen molar-refractivity contribution >= 4 is 11.6 Å². The van der Waals surface area contributed by atoms with Crippen molar-refractivity contribution in [1.82, 2.24) is 0 Å². The summed E-state index contributed by atoms with van der Waals surface area (Å²) in [4.78, 5) is 12.1. The topological polar surface area (TPSA) is 55.1 Å². The molecule has 0 aliphatic carbocycles. The van der Waals surface area contributed by atoms with Gasteiger partial charge in [-0.05, 0) is 35.7 Å². The molecule has 0 bridgehead atoms. The van der Waals surface area contributed by atoms with Crippen molar-refractivity contribution in [3.05, 3.63) is 65.2 Å². The van der Waals surface area contributed by atoms with Crippen molar-refractivity contribution < 1.29 is 4.79 Å². The van der Waals surface area contributed by atoms with Crippen LogP contribution in [0.2, 0.25) is 0 Å². The molecule has 0 heterocycles. The van der Waals surface area contributed by atoms with Crippen molar-refractivity contribution in [1.29, 1.82) is 0 Å². The molecule has 0 aromatic heterocycles. The first kappa shape index (κ1) is 13.3. The van der Waals surface area contributed by atoms with E-state index in [1.807, 2.05) is 48.5 Å². The highest BCUT2D eigenvalue weighted by atomic mass is 16.1. The van der Waals surface area contributed by atoms with Gasteiger partial charge in [-0.15, -0.1) is 0 Å². The van der Waals surface area contributed by atoms with Crippen molar-refractivity contribution in [2.75, 3.05) is 5.32 Å². The van der Waals surface area contributed by atoms with Gasteiger partial charge in [-0.3, -0.25) is 4.79 Å². The van der Waals surface area contributed by atoms with E-state index in [1.165, 1.54) is 5.56 Å². The number of nitrogens with one attached hydrogen (secondary N) is 1. The Labute approximate surface area is 113 Å². The first-order chi connectivity index (χ1) is 9.24. The van der Waals surface area contributed by atoms with Crippen LogP contribution in [0.25, 0.3) is 0 Å². The summed E-state index contributed by atoms with van der Waals surface area (Å²) in [5, 5.41) is 2.90. The first-order valence-electron chi connectivity index (χ1n) is 6.43. The van der Waals surface area contributed by atoms with Gasteiger partial charge in [0.2, 0.25) is 0 Å². The van der Waals surface area contributed by atoms with Crippen molar-refractivity contribution in [3.8, 4) is 0 Å². The Kier molecular flexibility index (Phi) is 4.31. The third-order valence-corrected chi connectivity index (χ3v) is 3.11. The SMILES string of the molecule is CCc1ccc(C(=O)Nc2ccccc2CN)cc1. The Morgan fingerprint density at radius 3 is 2.42 bits per heavy atom. The molecule has 0 saturated carbocycles. The smallest absolute Gasteiger partial charge is 0.255 e. The molecule has 0 aliphatic heterocycles. The summed E-state index contributed by atoms with van der Waals surface area (Å²) in [5.41, 5.74) is 9.23. The first-order valence-corrected chi connectivity index (χ1v) is 6.43. The molecule has 2 rings (SSSR count). The van der Waals surface area contributed by atoms with Crippen molar-refractivity contribution in [2.24, 2.45) is 5.73 Å². The highest BCUT2D eigenvalue weighted by molar-refractivity contribution is 6.04. The van der Waals surface area contributed by atoms with E-state index in [2.05, 4.69) is 12.2 Å². The van der Waals surface area contributed by atoms with E-state index in [4.69, 9.17) is 5.73 Å². The Bertz CT molecular complexity index is 561. The van der Waals surface area contributed by atoms with Crippen LogP contribution in [0.5, 0.6) is 0 Å². The molecule has 1 amide bonds. The quantitative estimate of drug-likeness (QED) is 0.881. The number of hydrogen-bond donors (Lipinski definition) is 2. The number of nitrogens with two attached hydrogens (primary N) is 1. The summed E-state index contributed by atoms with van der Waals surface area (Å²) >= 11 is 0. The molecule has 0 fully saturated rings. The van der Waals surface area contributed by atoms with Crippen molar-refractivity contribution in [2.45, 2.75) is 19.9 Å². The van der Waals surface area contributed by atoms with Crippen LogP contribution in [0.3, 0.4) is 0 Å². The monoisotopic (exact) mass is 254 g/mol. The molecule has 3 N–H and O–H groups in total. The molecule has 3 nitrogen and oxygen atoms in total. The van der Waals surface area contributed by atoms with E-state index in [0.717, 1.165) is 17.7 Å². The normalized spacial score (nSPS) is 10.2. The number of anilines is 1. The lowest BCUT2D eigenvalue weighted by Crippen LogP contribution is -2.14. The number of hydrogen-bond acceptors (Lipinski definition) is 2. The fourth-order valence-corrected chi connectivity index (χ4v) is 1.91. The number of para-hydroxylation sites is 1. The van der Waals surface area contributed by atoms with E-state index in [9.17, 15) is 4.79 Å². The van der Waals surface area contributed by atoms with Crippen LogP contribution in [-0.4, -0.2) is 5.91 Å². The van der Waals surface area contributed by atoms with E-state index in [1.54, 1.807) is 0 Å². The second-order valence-corrected chi connectivity index (χ2v) is 4.37. The van der Waals surface area contributed by atoms with Crippen LogP contribution in [0.1, 0.15) is 28.4 Å². The summed E-state index contributed by atoms with van der Waals surface area (Å²) in [7, 11) is 0. The molecule has 0 radical (unpaired) electrons. The number of rotatable bonds is 4. The predicted molar refractivity (Wildman–Crippen MR) is 78.1 cm³/mol. The standard InChI is InChI=1S/C16H18N2O/c1-2-12-7-9-13(10-8-12)16(19)18-15-6-4-3-5-14(15)11-17/h3-10H,2,11,17H2,1H3,(H,18,19). The van der Waals surface area contributed by atoms with Crippen LogP contribution in [0.4, 0.5) is 5.69 Å². The van der Waals surface area contributed by atoms with Crippen LogP contribution in [0, 0.1) is 0 Å². The minimum Gasteiger partial charge on any atom is -0.326 e. The zero-order valence-electron chi connectivity index (χ0n) is 11.0. The Balaban J connectivity index is 2.16. The lowest BCUT2D eigenvalue weighted by molar-refractivity contribution is 0.102. The molecule has 0 spiro atoms. The minimum atomic E-state index is -0.108. The molecule has 2 aromatic rings. The maximum absolute atomic E-state index is 12.1. The van der Waals surface area contributed by atoms with Gasteiger partial charge in [0.05, 0.1) is 0 Å². The van der Waals surface area contributed by atoms with Crippen LogP contribution in [-0.2, 0) is 13.0 Å². The molecular formula is C16H18N2O. The van der Waals surface area contributed by atoms with E-state index < -0.39 is 0 Å². The summed E-state index contributed by atoms with van der Waals surface area (Å²) in [6, 6.07) is 15.2. The second kappa shape index (κ2) is 6.16. The van der Waals surface area contributed by atoms with Gasteiger partial charge in [0.25, 0.3) is 5.91 Å². The fraction of sp³-hybridized carbons (Fsp3) is 0.188. The number of amides is 1. The Morgan fingerprint density at radius 2 is 1.79 bits per heavy atom. The molecule has 98 valence electrons. The van der Waals surface area contributed by atoms with Gasteiger partial charge in [0.1, 0.15) is 0 Å². The maximum atomic E-state index is 12.1. The number of carbonyl (C=O) groups excluding carboxylic acids is 1. The van der Waals surface area contributed by atoms with Crippen LogP contribution >= 0.6 is 0 Å². The molecule has 2 aromatic carbocycles. The van der Waals surface area contributed by atoms with E-state index >= 15 is 0 Å². The summed E-state index contributed by atoms with van der Waals surface area (Å²) in [6.45, 7) is 2.50. The van der Waals surface area contributed by atoms with Crippen LogP contribution < -0.4 is 11.1 Å². The fourth-order valence-electron chi connectivity index (χ4n) is 1.91. The molecule has 0 unspecified atom stereocenters. The Hall–Kier alpha value is -2.13. The van der Waals surface area contributed by atoms with E-state index in [-0.39, 0.29) is 5.91 Å².